The summed E-state index contributed by atoms with van der Waals surface area (Å²) in [5.74, 6) is -1.95. The molecule has 0 bridgehead atoms. The van der Waals surface area contributed by atoms with E-state index in [0.29, 0.717) is 12.3 Å². The fraction of sp³-hybridized carbons (Fsp3) is 0.750. The Morgan fingerprint density at radius 3 is 2.48 bits per heavy atom. The molecule has 4 amide bonds. The molecule has 0 aromatic rings. The Morgan fingerprint density at radius 1 is 1.22 bits per heavy atom. The highest BCUT2D eigenvalue weighted by molar-refractivity contribution is 6.27. The van der Waals surface area contributed by atoms with E-state index in [4.69, 9.17) is 0 Å². The molecule has 1 saturated carbocycles. The molecule has 0 spiro atoms. The Hall–Kier alpha value is -1.76. The summed E-state index contributed by atoms with van der Waals surface area (Å²) in [4.78, 5) is 44.6. The first-order valence-electron chi connectivity index (χ1n) is 8.25. The fourth-order valence-electron chi connectivity index (χ4n) is 3.16. The Labute approximate surface area is 137 Å². The minimum Gasteiger partial charge on any atom is -0.308 e. The molecule has 1 N–H and O–H groups in total. The molecule has 0 aromatic carbocycles. The topological polar surface area (TPSA) is 82.1 Å². The van der Waals surface area contributed by atoms with Crippen LogP contribution in [0.3, 0.4) is 0 Å². The quantitative estimate of drug-likeness (QED) is 0.605. The number of barbiturate groups is 1. The van der Waals surface area contributed by atoms with Crippen LogP contribution in [-0.4, -0.2) is 66.6 Å². The van der Waals surface area contributed by atoms with Gasteiger partial charge in [0.1, 0.15) is 0 Å². The van der Waals surface area contributed by atoms with Crippen molar-refractivity contribution < 1.29 is 14.4 Å². The third kappa shape index (κ3) is 4.16. The van der Waals surface area contributed by atoms with Crippen LogP contribution in [-0.2, 0) is 9.59 Å². The van der Waals surface area contributed by atoms with Crippen LogP contribution in [0.2, 0.25) is 0 Å². The highest BCUT2D eigenvalue weighted by atomic mass is 16.2. The van der Waals surface area contributed by atoms with Gasteiger partial charge in [0.25, 0.3) is 0 Å². The van der Waals surface area contributed by atoms with E-state index in [1.165, 1.54) is 4.90 Å². The summed E-state index contributed by atoms with van der Waals surface area (Å²) >= 11 is 0. The molecule has 1 aliphatic heterocycles. The van der Waals surface area contributed by atoms with Gasteiger partial charge in [-0.3, -0.25) is 24.8 Å². The number of aliphatic imine (C=N–C) groups is 1. The first-order valence-corrected chi connectivity index (χ1v) is 8.25. The van der Waals surface area contributed by atoms with Gasteiger partial charge in [-0.25, -0.2) is 4.79 Å². The van der Waals surface area contributed by atoms with Gasteiger partial charge < -0.3 is 4.90 Å². The summed E-state index contributed by atoms with van der Waals surface area (Å²) in [6.45, 7) is 2.95. The average molecular weight is 322 g/mol. The fourth-order valence-corrected chi connectivity index (χ4v) is 3.16. The van der Waals surface area contributed by atoms with E-state index in [-0.39, 0.29) is 6.04 Å². The number of likely N-dealkylation sites (N-methyl/N-ethyl adjacent to an activating group) is 1. The maximum Gasteiger partial charge on any atom is 0.331 e. The molecule has 0 aromatic heterocycles. The number of urea groups is 1. The SMILES string of the molecule is CC(=NCCN(C)C)C1C(=O)NC(=O)N(C2CCCCC2)C1=O. The van der Waals surface area contributed by atoms with Crippen LogP contribution in [0.1, 0.15) is 39.0 Å². The number of hydrogen-bond acceptors (Lipinski definition) is 5. The number of carbonyl (C=O) groups excluding carboxylic acids is 3. The van der Waals surface area contributed by atoms with Gasteiger partial charge in [0, 0.05) is 18.3 Å². The summed E-state index contributed by atoms with van der Waals surface area (Å²) in [6, 6.07) is -0.675. The second kappa shape index (κ2) is 7.68. The first kappa shape index (κ1) is 17.6. The van der Waals surface area contributed by atoms with E-state index in [2.05, 4.69) is 10.3 Å². The molecular formula is C16H26N4O3. The zero-order valence-corrected chi connectivity index (χ0v) is 14.2. The molecule has 1 heterocycles. The first-order chi connectivity index (χ1) is 10.9. The van der Waals surface area contributed by atoms with Crippen LogP contribution >= 0.6 is 0 Å². The van der Waals surface area contributed by atoms with Crippen molar-refractivity contribution in [2.24, 2.45) is 10.9 Å². The molecule has 128 valence electrons. The third-order valence-electron chi connectivity index (χ3n) is 4.46. The van der Waals surface area contributed by atoms with Crippen LogP contribution in [0.4, 0.5) is 4.79 Å². The van der Waals surface area contributed by atoms with Crippen LogP contribution < -0.4 is 5.32 Å². The lowest BCUT2D eigenvalue weighted by atomic mass is 9.91. The van der Waals surface area contributed by atoms with Gasteiger partial charge in [-0.05, 0) is 33.9 Å². The third-order valence-corrected chi connectivity index (χ3v) is 4.46. The van der Waals surface area contributed by atoms with Crippen LogP contribution in [0.15, 0.2) is 4.99 Å². The van der Waals surface area contributed by atoms with Gasteiger partial charge in [0.15, 0.2) is 5.92 Å². The normalized spacial score (nSPS) is 24.3. The van der Waals surface area contributed by atoms with Crippen molar-refractivity contribution in [2.75, 3.05) is 27.2 Å². The van der Waals surface area contributed by atoms with Crippen LogP contribution in [0.25, 0.3) is 0 Å². The zero-order valence-electron chi connectivity index (χ0n) is 14.2. The Kier molecular flexibility index (Phi) is 5.87. The Balaban J connectivity index is 2.13. The lowest BCUT2D eigenvalue weighted by molar-refractivity contribution is -0.141. The minimum absolute atomic E-state index is 0.0959. The van der Waals surface area contributed by atoms with E-state index < -0.39 is 23.8 Å². The largest absolute Gasteiger partial charge is 0.331 e. The number of amides is 4. The molecule has 2 aliphatic rings. The van der Waals surface area contributed by atoms with Crippen molar-refractivity contribution >= 4 is 23.6 Å². The molecule has 2 rings (SSSR count). The van der Waals surface area contributed by atoms with Crippen molar-refractivity contribution in [3.8, 4) is 0 Å². The molecule has 1 unspecified atom stereocenters. The van der Waals surface area contributed by atoms with Gasteiger partial charge in [0.2, 0.25) is 11.8 Å². The maximum atomic E-state index is 12.7. The van der Waals surface area contributed by atoms with E-state index in [0.717, 1.165) is 38.6 Å². The maximum absolute atomic E-state index is 12.7. The molecule has 1 aliphatic carbocycles. The van der Waals surface area contributed by atoms with E-state index in [9.17, 15) is 14.4 Å². The molecule has 7 nitrogen and oxygen atoms in total. The second-order valence-corrected chi connectivity index (χ2v) is 6.55. The highest BCUT2D eigenvalue weighted by Crippen LogP contribution is 2.26. The number of nitrogens with one attached hydrogen (secondary N) is 1. The number of imide groups is 2. The number of nitrogens with zero attached hydrogens (tertiary/aromatic N) is 3. The van der Waals surface area contributed by atoms with E-state index in [1.54, 1.807) is 6.92 Å². The van der Waals surface area contributed by atoms with Gasteiger partial charge in [0.05, 0.1) is 6.54 Å². The summed E-state index contributed by atoms with van der Waals surface area (Å²) in [6.07, 6.45) is 4.79. The van der Waals surface area contributed by atoms with Gasteiger partial charge >= 0.3 is 6.03 Å². The van der Waals surface area contributed by atoms with Crippen molar-refractivity contribution in [1.82, 2.24) is 15.1 Å². The van der Waals surface area contributed by atoms with E-state index >= 15 is 0 Å². The van der Waals surface area contributed by atoms with Gasteiger partial charge in [-0.1, -0.05) is 19.3 Å². The zero-order chi connectivity index (χ0) is 17.0. The molecule has 1 atom stereocenters. The lowest BCUT2D eigenvalue weighted by Gasteiger charge is -2.37. The van der Waals surface area contributed by atoms with Crippen molar-refractivity contribution in [3.05, 3.63) is 0 Å². The van der Waals surface area contributed by atoms with Crippen molar-refractivity contribution in [3.63, 3.8) is 0 Å². The average Bonchev–Trinajstić information content (AvgIpc) is 2.47. The Morgan fingerprint density at radius 2 is 1.87 bits per heavy atom. The smallest absolute Gasteiger partial charge is 0.308 e. The summed E-state index contributed by atoms with van der Waals surface area (Å²) < 4.78 is 0. The standard InChI is InChI=1S/C16H26N4O3/c1-11(17-9-10-19(2)3)13-14(21)18-16(23)20(15(13)22)12-7-5-4-6-8-12/h12-13H,4-10H2,1-3H3,(H,18,21,23). The summed E-state index contributed by atoms with van der Waals surface area (Å²) in [5.41, 5.74) is 0.475. The van der Waals surface area contributed by atoms with Gasteiger partial charge in [-0.2, -0.15) is 0 Å². The van der Waals surface area contributed by atoms with Crippen molar-refractivity contribution in [1.29, 1.82) is 0 Å². The summed E-state index contributed by atoms with van der Waals surface area (Å²) in [7, 11) is 3.87. The lowest BCUT2D eigenvalue weighted by Crippen LogP contribution is -2.62. The predicted octanol–water partition coefficient (Wildman–Crippen LogP) is 1.04. The van der Waals surface area contributed by atoms with E-state index in [1.807, 2.05) is 19.0 Å². The minimum atomic E-state index is -0.975. The van der Waals surface area contributed by atoms with Crippen molar-refractivity contribution in [2.45, 2.75) is 45.1 Å². The van der Waals surface area contributed by atoms with Gasteiger partial charge in [-0.15, -0.1) is 0 Å². The number of carbonyl (C=O) groups is 3. The monoisotopic (exact) mass is 322 g/mol. The van der Waals surface area contributed by atoms with Crippen LogP contribution in [0, 0.1) is 5.92 Å². The summed E-state index contributed by atoms with van der Waals surface area (Å²) in [5, 5.41) is 2.32. The number of hydrogen-bond donors (Lipinski definition) is 1. The highest BCUT2D eigenvalue weighted by Gasteiger charge is 2.44. The molecule has 2 fully saturated rings. The second-order valence-electron chi connectivity index (χ2n) is 6.55. The number of rotatable bonds is 5. The van der Waals surface area contributed by atoms with Crippen LogP contribution in [0.5, 0.6) is 0 Å². The predicted molar refractivity (Wildman–Crippen MR) is 87.3 cm³/mol. The molecular weight excluding hydrogens is 296 g/mol. The molecule has 0 radical (unpaired) electrons. The molecule has 1 saturated heterocycles. The molecule has 7 heteroatoms. The molecule has 23 heavy (non-hydrogen) atoms. The Bertz CT molecular complexity index is 509.